The molecule has 0 radical (unpaired) electrons. The number of hydrogen-bond donors (Lipinski definition) is 2. The number of halogens is 1. The van der Waals surface area contributed by atoms with Crippen LogP contribution in [0.1, 0.15) is 22.3 Å². The number of nitrogens with zero attached hydrogens (tertiary/aromatic N) is 1. The maximum absolute atomic E-state index is 13.4. The zero-order valence-electron chi connectivity index (χ0n) is 10.7. The SMILES string of the molecule is O=C(NCCCc1ccccc1F)c1cnc[nH]c1=O. The van der Waals surface area contributed by atoms with Crippen LogP contribution in [0.5, 0.6) is 0 Å². The molecule has 0 bridgehead atoms. The number of aryl methyl sites for hydroxylation is 1. The van der Waals surface area contributed by atoms with Crippen LogP contribution in [0.2, 0.25) is 0 Å². The normalized spacial score (nSPS) is 10.2. The van der Waals surface area contributed by atoms with Gasteiger partial charge in [-0.15, -0.1) is 0 Å². The molecule has 0 aliphatic carbocycles. The van der Waals surface area contributed by atoms with Crippen LogP contribution in [0.3, 0.4) is 0 Å². The summed E-state index contributed by atoms with van der Waals surface area (Å²) in [5, 5.41) is 2.61. The van der Waals surface area contributed by atoms with Crippen molar-refractivity contribution in [3.8, 4) is 0 Å². The van der Waals surface area contributed by atoms with Crippen LogP contribution in [0, 0.1) is 5.82 Å². The van der Waals surface area contributed by atoms with E-state index in [1.807, 2.05) is 0 Å². The number of rotatable bonds is 5. The third-order valence-corrected chi connectivity index (χ3v) is 2.83. The summed E-state index contributed by atoms with van der Waals surface area (Å²) in [5.41, 5.74) is 0.103. The maximum Gasteiger partial charge on any atom is 0.263 e. The Labute approximate surface area is 114 Å². The lowest BCUT2D eigenvalue weighted by Gasteiger charge is -2.05. The van der Waals surface area contributed by atoms with Crippen LogP contribution >= 0.6 is 0 Å². The minimum atomic E-state index is -0.480. The van der Waals surface area contributed by atoms with E-state index in [1.54, 1.807) is 18.2 Å². The van der Waals surface area contributed by atoms with Crippen LogP contribution in [0.25, 0.3) is 0 Å². The number of carbonyl (C=O) groups is 1. The van der Waals surface area contributed by atoms with Crippen molar-refractivity contribution in [2.75, 3.05) is 6.54 Å². The van der Waals surface area contributed by atoms with E-state index in [9.17, 15) is 14.0 Å². The van der Waals surface area contributed by atoms with Gasteiger partial charge in [0.1, 0.15) is 11.4 Å². The molecule has 5 nitrogen and oxygen atoms in total. The van der Waals surface area contributed by atoms with Crippen molar-refractivity contribution >= 4 is 5.91 Å². The van der Waals surface area contributed by atoms with Gasteiger partial charge in [0, 0.05) is 12.7 Å². The molecule has 0 spiro atoms. The van der Waals surface area contributed by atoms with Gasteiger partial charge in [-0.05, 0) is 24.5 Å². The molecule has 0 saturated heterocycles. The molecule has 1 aromatic carbocycles. The van der Waals surface area contributed by atoms with Gasteiger partial charge in [0.2, 0.25) is 0 Å². The molecule has 0 unspecified atom stereocenters. The summed E-state index contributed by atoms with van der Waals surface area (Å²) in [5.74, 6) is -0.726. The monoisotopic (exact) mass is 275 g/mol. The second kappa shape index (κ2) is 6.60. The van der Waals surface area contributed by atoms with Gasteiger partial charge >= 0.3 is 0 Å². The quantitative estimate of drug-likeness (QED) is 0.807. The minimum absolute atomic E-state index is 0.0293. The average Bonchev–Trinajstić information content (AvgIpc) is 2.45. The van der Waals surface area contributed by atoms with E-state index in [1.165, 1.54) is 18.6 Å². The molecule has 0 aliphatic rings. The summed E-state index contributed by atoms with van der Waals surface area (Å²) >= 11 is 0. The van der Waals surface area contributed by atoms with Crippen molar-refractivity contribution in [3.05, 3.63) is 64.1 Å². The van der Waals surface area contributed by atoms with Crippen LogP contribution in [0.4, 0.5) is 4.39 Å². The summed E-state index contributed by atoms with van der Waals surface area (Å²) in [6.07, 6.45) is 3.55. The van der Waals surface area contributed by atoms with Crippen molar-refractivity contribution in [2.24, 2.45) is 0 Å². The topological polar surface area (TPSA) is 74.8 Å². The van der Waals surface area contributed by atoms with Gasteiger partial charge in [-0.25, -0.2) is 9.37 Å². The molecule has 2 rings (SSSR count). The highest BCUT2D eigenvalue weighted by Crippen LogP contribution is 2.08. The minimum Gasteiger partial charge on any atom is -0.352 e. The largest absolute Gasteiger partial charge is 0.352 e. The van der Waals surface area contributed by atoms with E-state index in [-0.39, 0.29) is 11.4 Å². The van der Waals surface area contributed by atoms with Crippen LogP contribution < -0.4 is 10.9 Å². The Balaban J connectivity index is 1.82. The molecule has 2 aromatic rings. The molecule has 0 saturated carbocycles. The number of amides is 1. The van der Waals surface area contributed by atoms with Crippen molar-refractivity contribution in [2.45, 2.75) is 12.8 Å². The van der Waals surface area contributed by atoms with E-state index < -0.39 is 11.5 Å². The smallest absolute Gasteiger partial charge is 0.263 e. The molecule has 1 aromatic heterocycles. The molecular weight excluding hydrogens is 261 g/mol. The molecule has 2 N–H and O–H groups in total. The number of benzene rings is 1. The van der Waals surface area contributed by atoms with E-state index in [0.717, 1.165) is 0 Å². The zero-order valence-corrected chi connectivity index (χ0v) is 10.7. The second-order valence-electron chi connectivity index (χ2n) is 4.25. The fraction of sp³-hybridized carbons (Fsp3) is 0.214. The fourth-order valence-corrected chi connectivity index (χ4v) is 1.78. The van der Waals surface area contributed by atoms with E-state index in [4.69, 9.17) is 0 Å². The molecule has 6 heteroatoms. The summed E-state index contributed by atoms with van der Waals surface area (Å²) in [4.78, 5) is 29.1. The molecule has 1 amide bonds. The third-order valence-electron chi connectivity index (χ3n) is 2.83. The van der Waals surface area contributed by atoms with Crippen molar-refractivity contribution in [3.63, 3.8) is 0 Å². The summed E-state index contributed by atoms with van der Waals surface area (Å²) in [6, 6.07) is 6.52. The van der Waals surface area contributed by atoms with Crippen LogP contribution in [-0.4, -0.2) is 22.4 Å². The van der Waals surface area contributed by atoms with Crippen molar-refractivity contribution < 1.29 is 9.18 Å². The van der Waals surface area contributed by atoms with Gasteiger partial charge in [0.05, 0.1) is 6.33 Å². The highest BCUT2D eigenvalue weighted by molar-refractivity contribution is 5.93. The van der Waals surface area contributed by atoms with Gasteiger partial charge in [-0.3, -0.25) is 9.59 Å². The predicted octanol–water partition coefficient (Wildman–Crippen LogP) is 1.27. The first-order valence-electron chi connectivity index (χ1n) is 6.23. The Morgan fingerprint density at radius 1 is 1.35 bits per heavy atom. The molecule has 104 valence electrons. The first-order chi connectivity index (χ1) is 9.68. The van der Waals surface area contributed by atoms with Crippen molar-refractivity contribution in [1.29, 1.82) is 0 Å². The van der Waals surface area contributed by atoms with Crippen molar-refractivity contribution in [1.82, 2.24) is 15.3 Å². The molecule has 0 aliphatic heterocycles. The van der Waals surface area contributed by atoms with Crippen LogP contribution in [-0.2, 0) is 6.42 Å². The number of nitrogens with one attached hydrogen (secondary N) is 2. The fourth-order valence-electron chi connectivity index (χ4n) is 1.78. The Hall–Kier alpha value is -2.50. The zero-order chi connectivity index (χ0) is 14.4. The maximum atomic E-state index is 13.4. The number of aromatic amines is 1. The Bertz CT molecular complexity index is 655. The second-order valence-corrected chi connectivity index (χ2v) is 4.25. The van der Waals surface area contributed by atoms with Gasteiger partial charge in [0.25, 0.3) is 11.5 Å². The average molecular weight is 275 g/mol. The lowest BCUT2D eigenvalue weighted by Crippen LogP contribution is -2.30. The Kier molecular flexibility index (Phi) is 4.60. The highest BCUT2D eigenvalue weighted by atomic mass is 19.1. The molecule has 20 heavy (non-hydrogen) atoms. The summed E-state index contributed by atoms with van der Waals surface area (Å²) < 4.78 is 13.4. The van der Waals surface area contributed by atoms with Gasteiger partial charge in [0.15, 0.2) is 0 Å². The number of H-pyrrole nitrogens is 1. The first kappa shape index (κ1) is 13.9. The van der Waals surface area contributed by atoms with E-state index in [2.05, 4.69) is 15.3 Å². The molecule has 0 atom stereocenters. The lowest BCUT2D eigenvalue weighted by atomic mass is 10.1. The Morgan fingerprint density at radius 3 is 2.90 bits per heavy atom. The Morgan fingerprint density at radius 2 is 2.15 bits per heavy atom. The summed E-state index contributed by atoms with van der Waals surface area (Å²) in [7, 11) is 0. The lowest BCUT2D eigenvalue weighted by molar-refractivity contribution is 0.0951. The highest BCUT2D eigenvalue weighted by Gasteiger charge is 2.09. The van der Waals surface area contributed by atoms with Gasteiger partial charge in [-0.2, -0.15) is 0 Å². The number of aromatic nitrogens is 2. The number of carbonyl (C=O) groups excluding carboxylic acids is 1. The first-order valence-corrected chi connectivity index (χ1v) is 6.23. The van der Waals surface area contributed by atoms with Crippen LogP contribution in [0.15, 0.2) is 41.6 Å². The van der Waals surface area contributed by atoms with Gasteiger partial charge in [-0.1, -0.05) is 18.2 Å². The van der Waals surface area contributed by atoms with Gasteiger partial charge < -0.3 is 10.3 Å². The summed E-state index contributed by atoms with van der Waals surface area (Å²) in [6.45, 7) is 0.363. The van der Waals surface area contributed by atoms with E-state index >= 15 is 0 Å². The number of hydrogen-bond acceptors (Lipinski definition) is 3. The predicted molar refractivity (Wildman–Crippen MR) is 71.9 cm³/mol. The third kappa shape index (κ3) is 3.50. The molecular formula is C14H14FN3O2. The standard InChI is InChI=1S/C14H14FN3O2/c15-12-6-2-1-4-10(12)5-3-7-17-13(19)11-8-16-9-18-14(11)20/h1-2,4,6,8-9H,3,5,7H2,(H,17,19)(H,16,18,20). The molecule has 1 heterocycles. The molecule has 0 fully saturated rings. The van der Waals surface area contributed by atoms with E-state index in [0.29, 0.717) is 24.9 Å².